The van der Waals surface area contributed by atoms with Crippen molar-refractivity contribution in [2.45, 2.75) is 26.2 Å². The molecular formula is C11H16N2O2. The molecule has 15 heavy (non-hydrogen) atoms. The fraction of sp³-hybridized carbons (Fsp3) is 0.636. The Morgan fingerprint density at radius 3 is 3.13 bits per heavy atom. The highest BCUT2D eigenvalue weighted by Gasteiger charge is 2.39. The van der Waals surface area contributed by atoms with Crippen molar-refractivity contribution in [2.24, 2.45) is 11.8 Å². The van der Waals surface area contributed by atoms with Crippen LogP contribution in [0.15, 0.2) is 12.5 Å². The van der Waals surface area contributed by atoms with Crippen LogP contribution in [0.4, 0.5) is 0 Å². The predicted molar refractivity (Wildman–Crippen MR) is 55.2 cm³/mol. The average molecular weight is 208 g/mol. The predicted octanol–water partition coefficient (Wildman–Crippen LogP) is 1.71. The summed E-state index contributed by atoms with van der Waals surface area (Å²) in [4.78, 5) is 18.5. The zero-order chi connectivity index (χ0) is 10.8. The second-order valence-electron chi connectivity index (χ2n) is 4.10. The summed E-state index contributed by atoms with van der Waals surface area (Å²) in [6.07, 6.45) is 4.34. The van der Waals surface area contributed by atoms with Gasteiger partial charge in [-0.1, -0.05) is 13.8 Å². The van der Waals surface area contributed by atoms with Crippen molar-refractivity contribution in [3.05, 3.63) is 18.2 Å². The van der Waals surface area contributed by atoms with Gasteiger partial charge in [0.15, 0.2) is 0 Å². The van der Waals surface area contributed by atoms with Gasteiger partial charge in [0.05, 0.1) is 18.9 Å². The van der Waals surface area contributed by atoms with Gasteiger partial charge >= 0.3 is 5.97 Å². The summed E-state index contributed by atoms with van der Waals surface area (Å²) in [5.74, 6) is 0.573. The number of imidazole rings is 1. The molecule has 2 rings (SSSR count). The first-order chi connectivity index (χ1) is 7.24. The second-order valence-corrected chi connectivity index (χ2v) is 4.10. The number of carbonyl (C=O) groups excluding carboxylic acids is 1. The lowest BCUT2D eigenvalue weighted by Gasteiger charge is -2.19. The third kappa shape index (κ3) is 1.76. The molecule has 3 unspecified atom stereocenters. The van der Waals surface area contributed by atoms with Crippen LogP contribution in [-0.4, -0.2) is 22.5 Å². The van der Waals surface area contributed by atoms with Crippen molar-refractivity contribution in [3.63, 3.8) is 0 Å². The van der Waals surface area contributed by atoms with Crippen LogP contribution in [-0.2, 0) is 9.53 Å². The van der Waals surface area contributed by atoms with Crippen LogP contribution < -0.4 is 0 Å². The molecule has 1 saturated heterocycles. The molecule has 0 saturated carbocycles. The molecule has 3 atom stereocenters. The summed E-state index contributed by atoms with van der Waals surface area (Å²) < 4.78 is 5.11. The van der Waals surface area contributed by atoms with E-state index in [1.807, 2.05) is 13.1 Å². The topological polar surface area (TPSA) is 55.0 Å². The van der Waals surface area contributed by atoms with Gasteiger partial charge in [-0.25, -0.2) is 4.98 Å². The number of nitrogens with one attached hydrogen (secondary N) is 1. The van der Waals surface area contributed by atoms with Crippen molar-refractivity contribution in [3.8, 4) is 0 Å². The molecule has 1 aromatic rings. The molecule has 1 aliphatic heterocycles. The van der Waals surface area contributed by atoms with Gasteiger partial charge in [-0.15, -0.1) is 0 Å². The van der Waals surface area contributed by atoms with Crippen LogP contribution >= 0.6 is 0 Å². The first kappa shape index (κ1) is 10.2. The number of esters is 1. The Hall–Kier alpha value is -1.32. The van der Waals surface area contributed by atoms with E-state index >= 15 is 0 Å². The van der Waals surface area contributed by atoms with Gasteiger partial charge in [0.25, 0.3) is 0 Å². The average Bonchev–Trinajstić information content (AvgIpc) is 2.85. The number of nitrogens with zero attached hydrogens (tertiary/aromatic N) is 1. The van der Waals surface area contributed by atoms with Crippen LogP contribution in [0.1, 0.15) is 31.9 Å². The summed E-state index contributed by atoms with van der Waals surface area (Å²) in [6.45, 7) is 4.68. The Morgan fingerprint density at radius 2 is 2.53 bits per heavy atom. The minimum atomic E-state index is -0.0473. The Bertz CT molecular complexity index is 334. The van der Waals surface area contributed by atoms with E-state index in [0.717, 1.165) is 12.1 Å². The molecule has 1 aliphatic rings. The maximum absolute atomic E-state index is 11.4. The Balaban J connectivity index is 2.14. The molecule has 0 amide bonds. The molecule has 0 spiro atoms. The first-order valence-electron chi connectivity index (χ1n) is 5.39. The SMILES string of the molecule is CCC1C(=O)OCC1C(C)c1cnc[nH]1. The van der Waals surface area contributed by atoms with Crippen molar-refractivity contribution in [2.75, 3.05) is 6.61 Å². The van der Waals surface area contributed by atoms with Gasteiger partial charge in [0.2, 0.25) is 0 Å². The molecule has 2 heterocycles. The molecule has 0 radical (unpaired) electrons. The molecule has 0 aliphatic carbocycles. The van der Waals surface area contributed by atoms with Crippen molar-refractivity contribution in [1.29, 1.82) is 0 Å². The maximum atomic E-state index is 11.4. The molecule has 1 fully saturated rings. The largest absolute Gasteiger partial charge is 0.465 e. The zero-order valence-electron chi connectivity index (χ0n) is 9.06. The fourth-order valence-corrected chi connectivity index (χ4v) is 2.28. The van der Waals surface area contributed by atoms with Crippen molar-refractivity contribution >= 4 is 5.97 Å². The van der Waals surface area contributed by atoms with Crippen LogP contribution in [0.5, 0.6) is 0 Å². The highest BCUT2D eigenvalue weighted by Crippen LogP contribution is 2.35. The van der Waals surface area contributed by atoms with Gasteiger partial charge in [0.1, 0.15) is 0 Å². The molecule has 82 valence electrons. The first-order valence-corrected chi connectivity index (χ1v) is 5.39. The summed E-state index contributed by atoms with van der Waals surface area (Å²) in [7, 11) is 0. The van der Waals surface area contributed by atoms with Crippen LogP contribution in [0.3, 0.4) is 0 Å². The second kappa shape index (κ2) is 4.04. The Morgan fingerprint density at radius 1 is 1.73 bits per heavy atom. The minimum absolute atomic E-state index is 0.0447. The number of carbonyl (C=O) groups is 1. The van der Waals surface area contributed by atoms with E-state index < -0.39 is 0 Å². The van der Waals surface area contributed by atoms with Crippen LogP contribution in [0.2, 0.25) is 0 Å². The number of cyclic esters (lactones) is 1. The number of hydrogen-bond acceptors (Lipinski definition) is 3. The van der Waals surface area contributed by atoms with Gasteiger partial charge in [-0.2, -0.15) is 0 Å². The fourth-order valence-electron chi connectivity index (χ4n) is 2.28. The van der Waals surface area contributed by atoms with E-state index in [1.165, 1.54) is 0 Å². The maximum Gasteiger partial charge on any atom is 0.309 e. The van der Waals surface area contributed by atoms with Gasteiger partial charge in [-0.3, -0.25) is 4.79 Å². The van der Waals surface area contributed by atoms with E-state index in [-0.39, 0.29) is 17.8 Å². The van der Waals surface area contributed by atoms with Gasteiger partial charge in [-0.05, 0) is 6.42 Å². The van der Waals surface area contributed by atoms with Crippen molar-refractivity contribution < 1.29 is 9.53 Å². The van der Waals surface area contributed by atoms with Crippen molar-refractivity contribution in [1.82, 2.24) is 9.97 Å². The van der Waals surface area contributed by atoms with E-state index in [1.54, 1.807) is 6.33 Å². The van der Waals surface area contributed by atoms with Crippen LogP contribution in [0.25, 0.3) is 0 Å². The monoisotopic (exact) mass is 208 g/mol. The molecule has 0 bridgehead atoms. The quantitative estimate of drug-likeness (QED) is 0.769. The minimum Gasteiger partial charge on any atom is -0.465 e. The number of H-pyrrole nitrogens is 1. The normalized spacial score (nSPS) is 27.7. The lowest BCUT2D eigenvalue weighted by molar-refractivity contribution is -0.141. The third-order valence-electron chi connectivity index (χ3n) is 3.33. The van der Waals surface area contributed by atoms with E-state index in [4.69, 9.17) is 4.74 Å². The smallest absolute Gasteiger partial charge is 0.309 e. The van der Waals surface area contributed by atoms with E-state index in [0.29, 0.717) is 12.5 Å². The molecule has 4 nitrogen and oxygen atoms in total. The Labute approximate surface area is 89.0 Å². The summed E-state index contributed by atoms with van der Waals surface area (Å²) in [5, 5.41) is 0. The summed E-state index contributed by atoms with van der Waals surface area (Å²) in [5.41, 5.74) is 1.08. The summed E-state index contributed by atoms with van der Waals surface area (Å²) in [6, 6.07) is 0. The van der Waals surface area contributed by atoms with E-state index in [9.17, 15) is 4.79 Å². The molecule has 0 aromatic carbocycles. The zero-order valence-corrected chi connectivity index (χ0v) is 9.06. The highest BCUT2D eigenvalue weighted by atomic mass is 16.5. The van der Waals surface area contributed by atoms with Gasteiger partial charge in [0, 0.05) is 23.7 Å². The molecule has 4 heteroatoms. The third-order valence-corrected chi connectivity index (χ3v) is 3.33. The lowest BCUT2D eigenvalue weighted by Crippen LogP contribution is -2.20. The number of hydrogen-bond donors (Lipinski definition) is 1. The van der Waals surface area contributed by atoms with Gasteiger partial charge < -0.3 is 9.72 Å². The summed E-state index contributed by atoms with van der Waals surface area (Å²) >= 11 is 0. The lowest BCUT2D eigenvalue weighted by atomic mass is 9.82. The van der Waals surface area contributed by atoms with E-state index in [2.05, 4.69) is 16.9 Å². The number of aromatic amines is 1. The Kier molecular flexibility index (Phi) is 2.75. The van der Waals surface area contributed by atoms with Crippen LogP contribution in [0, 0.1) is 11.8 Å². The standard InChI is InChI=1S/C11H16N2O2/c1-3-8-9(5-15-11(8)14)7(2)10-4-12-6-13-10/h4,6-9H,3,5H2,1-2H3,(H,12,13). The number of aromatic nitrogens is 2. The molecule has 1 aromatic heterocycles. The number of rotatable bonds is 3. The number of ether oxygens (including phenoxy) is 1. The molecular weight excluding hydrogens is 192 g/mol. The highest BCUT2D eigenvalue weighted by molar-refractivity contribution is 5.74. The molecule has 1 N–H and O–H groups in total.